The summed E-state index contributed by atoms with van der Waals surface area (Å²) in [5.41, 5.74) is 9.60. The van der Waals surface area contributed by atoms with Crippen molar-refractivity contribution in [1.82, 2.24) is 15.0 Å². The first-order valence-corrected chi connectivity index (χ1v) is 21.1. The lowest BCUT2D eigenvalue weighted by molar-refractivity contribution is 0.592. The number of nitrogens with zero attached hydrogens (tertiary/aromatic N) is 3. The highest BCUT2D eigenvalue weighted by atomic mass is 31.2. The van der Waals surface area contributed by atoms with E-state index in [4.69, 9.17) is 15.0 Å². The third-order valence-corrected chi connectivity index (χ3v) is 13.8. The number of pyridine rings is 1. The molecule has 2 aromatic heterocycles. The second-order valence-corrected chi connectivity index (χ2v) is 17.1. The zero-order chi connectivity index (χ0) is 38.9. The molecular weight excluding hydrogens is 726 g/mol. The first-order chi connectivity index (χ1) is 28.6. The second kappa shape index (κ2) is 15.0. The van der Waals surface area contributed by atoms with Gasteiger partial charge in [0, 0.05) is 54.3 Å². The van der Waals surface area contributed by atoms with Crippen molar-refractivity contribution in [2.45, 2.75) is 0 Å². The molecule has 0 bridgehead atoms. The predicted octanol–water partition coefficient (Wildman–Crippen LogP) is 12.2. The maximum Gasteiger partial charge on any atom is 0.171 e. The van der Waals surface area contributed by atoms with Crippen molar-refractivity contribution in [3.05, 3.63) is 218 Å². The Morgan fingerprint density at radius 3 is 1.45 bits per heavy atom. The summed E-state index contributed by atoms with van der Waals surface area (Å²) in [6, 6.07) is 73.7. The molecule has 274 valence electrons. The van der Waals surface area contributed by atoms with Crippen molar-refractivity contribution in [1.29, 1.82) is 0 Å². The highest BCUT2D eigenvalue weighted by Crippen LogP contribution is 2.43. The molecule has 0 amide bonds. The third kappa shape index (κ3) is 6.40. The van der Waals surface area contributed by atoms with Gasteiger partial charge in [0.1, 0.15) is 0 Å². The van der Waals surface area contributed by atoms with Crippen LogP contribution in [0.3, 0.4) is 0 Å². The molecular formula is C53H36N3OP. The summed E-state index contributed by atoms with van der Waals surface area (Å²) < 4.78 is 15.1. The molecule has 0 N–H and O–H groups in total. The van der Waals surface area contributed by atoms with Gasteiger partial charge in [-0.2, -0.15) is 0 Å². The Hall–Kier alpha value is -7.26. The molecule has 0 saturated carbocycles. The van der Waals surface area contributed by atoms with E-state index in [-0.39, 0.29) is 0 Å². The SMILES string of the molecule is O=P(c1ccccc1)(c1ccccc1)c1ccc(-c2cc(-c3ccc4nc(-c5ccccc5)c5cccc(-c6ccccc6)c5c4c3)nc(-c3ccccc3)n2)cc1. The molecule has 10 aromatic rings. The summed E-state index contributed by atoms with van der Waals surface area (Å²) >= 11 is 0. The van der Waals surface area contributed by atoms with Crippen LogP contribution in [0.5, 0.6) is 0 Å². The standard InChI is InChI=1S/C53H36N3OP/c57-58(42-23-12-4-13-24-42,43-25-14-5-15-26-43)44-32-29-38(30-33-44)49-36-50(56-53(55-49)40-21-10-3-11-22-40)41-31-34-48-47(35-41)51-45(37-17-6-1-7-18-37)27-16-28-46(51)52(54-48)39-19-8-2-9-20-39/h1-36H. The van der Waals surface area contributed by atoms with Crippen LogP contribution in [0.4, 0.5) is 0 Å². The molecule has 0 unspecified atom stereocenters. The van der Waals surface area contributed by atoms with Crippen LogP contribution in [0.1, 0.15) is 0 Å². The molecule has 0 aliphatic heterocycles. The Bertz CT molecular complexity index is 3060. The number of fused-ring (bicyclic) bond motifs is 3. The van der Waals surface area contributed by atoms with Crippen LogP contribution in [0.2, 0.25) is 0 Å². The fourth-order valence-corrected chi connectivity index (χ4v) is 10.6. The minimum Gasteiger partial charge on any atom is -0.309 e. The van der Waals surface area contributed by atoms with Crippen molar-refractivity contribution < 1.29 is 4.57 Å². The van der Waals surface area contributed by atoms with Gasteiger partial charge >= 0.3 is 0 Å². The van der Waals surface area contributed by atoms with E-state index in [1.807, 2.05) is 121 Å². The maximum absolute atomic E-state index is 15.1. The third-order valence-electron chi connectivity index (χ3n) is 10.8. The Morgan fingerprint density at radius 2 is 0.845 bits per heavy atom. The van der Waals surface area contributed by atoms with Gasteiger partial charge in [0.25, 0.3) is 0 Å². The van der Waals surface area contributed by atoms with E-state index >= 15 is 4.57 Å². The van der Waals surface area contributed by atoms with Gasteiger partial charge in [-0.25, -0.2) is 15.0 Å². The van der Waals surface area contributed by atoms with Crippen LogP contribution >= 0.6 is 7.14 Å². The summed E-state index contributed by atoms with van der Waals surface area (Å²) in [6.45, 7) is 0. The van der Waals surface area contributed by atoms with Gasteiger partial charge in [0.05, 0.1) is 22.6 Å². The zero-order valence-corrected chi connectivity index (χ0v) is 32.4. The predicted molar refractivity (Wildman–Crippen MR) is 241 cm³/mol. The summed E-state index contributed by atoms with van der Waals surface area (Å²) in [5.74, 6) is 0.629. The van der Waals surface area contributed by atoms with Crippen molar-refractivity contribution in [3.63, 3.8) is 0 Å². The zero-order valence-electron chi connectivity index (χ0n) is 31.5. The molecule has 0 radical (unpaired) electrons. The monoisotopic (exact) mass is 761 g/mol. The topological polar surface area (TPSA) is 55.7 Å². The summed E-state index contributed by atoms with van der Waals surface area (Å²) in [7, 11) is -3.13. The lowest BCUT2D eigenvalue weighted by Crippen LogP contribution is -2.24. The van der Waals surface area contributed by atoms with Crippen LogP contribution in [-0.4, -0.2) is 15.0 Å². The van der Waals surface area contributed by atoms with Crippen molar-refractivity contribution in [3.8, 4) is 56.3 Å². The van der Waals surface area contributed by atoms with Crippen LogP contribution in [0.15, 0.2) is 218 Å². The van der Waals surface area contributed by atoms with Gasteiger partial charge in [-0.05, 0) is 29.3 Å². The fraction of sp³-hybridized carbons (Fsp3) is 0. The Balaban J connectivity index is 1.15. The van der Waals surface area contributed by atoms with E-state index in [1.54, 1.807) is 0 Å². The Morgan fingerprint density at radius 1 is 0.345 bits per heavy atom. The quantitative estimate of drug-likeness (QED) is 0.114. The molecule has 10 rings (SSSR count). The van der Waals surface area contributed by atoms with Gasteiger partial charge < -0.3 is 4.57 Å². The molecule has 0 atom stereocenters. The largest absolute Gasteiger partial charge is 0.309 e. The number of benzene rings is 8. The van der Waals surface area contributed by atoms with E-state index in [0.717, 1.165) is 88.1 Å². The number of aromatic nitrogens is 3. The van der Waals surface area contributed by atoms with Gasteiger partial charge in [0.15, 0.2) is 13.0 Å². The highest BCUT2D eigenvalue weighted by Gasteiger charge is 2.29. The van der Waals surface area contributed by atoms with Gasteiger partial charge in [-0.1, -0.05) is 200 Å². The average Bonchev–Trinajstić information content (AvgIpc) is 3.32. The van der Waals surface area contributed by atoms with E-state index < -0.39 is 7.14 Å². The summed E-state index contributed by atoms with van der Waals surface area (Å²) in [4.78, 5) is 15.6. The van der Waals surface area contributed by atoms with Gasteiger partial charge in [-0.3, -0.25) is 0 Å². The van der Waals surface area contributed by atoms with Gasteiger partial charge in [-0.15, -0.1) is 0 Å². The van der Waals surface area contributed by atoms with Crippen LogP contribution in [0, 0.1) is 0 Å². The molecule has 0 spiro atoms. The van der Waals surface area contributed by atoms with E-state index in [0.29, 0.717) is 5.82 Å². The van der Waals surface area contributed by atoms with E-state index in [1.165, 1.54) is 0 Å². The second-order valence-electron chi connectivity index (χ2n) is 14.3. The molecule has 0 aliphatic carbocycles. The minimum atomic E-state index is -3.13. The Labute approximate surface area is 337 Å². The maximum atomic E-state index is 15.1. The molecule has 5 heteroatoms. The average molecular weight is 762 g/mol. The molecule has 4 nitrogen and oxygen atoms in total. The first-order valence-electron chi connectivity index (χ1n) is 19.4. The summed E-state index contributed by atoms with van der Waals surface area (Å²) in [6.07, 6.45) is 0. The smallest absolute Gasteiger partial charge is 0.171 e. The van der Waals surface area contributed by atoms with Crippen molar-refractivity contribution in [2.24, 2.45) is 0 Å². The van der Waals surface area contributed by atoms with E-state index in [2.05, 4.69) is 97.1 Å². The van der Waals surface area contributed by atoms with E-state index in [9.17, 15) is 0 Å². The lowest BCUT2D eigenvalue weighted by atomic mass is 9.92. The lowest BCUT2D eigenvalue weighted by Gasteiger charge is -2.20. The molecule has 0 saturated heterocycles. The summed E-state index contributed by atoms with van der Waals surface area (Å²) in [5, 5.41) is 5.66. The molecule has 2 heterocycles. The van der Waals surface area contributed by atoms with Crippen LogP contribution in [-0.2, 0) is 4.57 Å². The number of hydrogen-bond donors (Lipinski definition) is 0. The molecule has 0 aliphatic rings. The highest BCUT2D eigenvalue weighted by molar-refractivity contribution is 7.85. The Kier molecular flexibility index (Phi) is 9.10. The number of rotatable bonds is 8. The van der Waals surface area contributed by atoms with Crippen LogP contribution < -0.4 is 15.9 Å². The molecule has 0 fully saturated rings. The molecule has 8 aromatic carbocycles. The minimum absolute atomic E-state index is 0.629. The van der Waals surface area contributed by atoms with Crippen molar-refractivity contribution >= 4 is 44.7 Å². The fourth-order valence-electron chi connectivity index (χ4n) is 7.91. The first kappa shape index (κ1) is 35.2. The number of hydrogen-bond acceptors (Lipinski definition) is 4. The van der Waals surface area contributed by atoms with Crippen molar-refractivity contribution in [2.75, 3.05) is 0 Å². The normalized spacial score (nSPS) is 11.5. The molecule has 58 heavy (non-hydrogen) atoms. The van der Waals surface area contributed by atoms with Crippen LogP contribution in [0.25, 0.3) is 78.0 Å². The van der Waals surface area contributed by atoms with Gasteiger partial charge in [0.2, 0.25) is 0 Å².